The van der Waals surface area contributed by atoms with E-state index in [4.69, 9.17) is 11.6 Å². The van der Waals surface area contributed by atoms with Crippen molar-refractivity contribution in [3.05, 3.63) is 94.1 Å². The summed E-state index contributed by atoms with van der Waals surface area (Å²) in [5.41, 5.74) is 5.41. The summed E-state index contributed by atoms with van der Waals surface area (Å²) in [5, 5.41) is 16.6. The van der Waals surface area contributed by atoms with Gasteiger partial charge in [0.15, 0.2) is 0 Å². The highest BCUT2D eigenvalue weighted by atomic mass is 35.5. The van der Waals surface area contributed by atoms with Crippen molar-refractivity contribution in [2.75, 3.05) is 13.6 Å². The molecule has 1 unspecified atom stereocenters. The van der Waals surface area contributed by atoms with E-state index in [2.05, 4.69) is 26.7 Å². The summed E-state index contributed by atoms with van der Waals surface area (Å²) in [4.78, 5) is 13.2. The largest absolute Gasteiger partial charge is 0.317 e. The SMILES string of the molecule is CNCC(c1cccc(Cl)c1)n1ccc(-c2ccc3[nH]nc(-c4cnn(C)c4)c3c2)cc1=O. The number of hydrogen-bond donors (Lipinski definition) is 2. The highest BCUT2D eigenvalue weighted by molar-refractivity contribution is 6.30. The summed E-state index contributed by atoms with van der Waals surface area (Å²) in [6.45, 7) is 0.606. The van der Waals surface area contributed by atoms with Gasteiger partial charge in [0.1, 0.15) is 5.69 Å². The number of benzene rings is 2. The van der Waals surface area contributed by atoms with Crippen LogP contribution in [0.2, 0.25) is 5.02 Å². The molecule has 0 saturated heterocycles. The smallest absolute Gasteiger partial charge is 0.251 e. The summed E-state index contributed by atoms with van der Waals surface area (Å²) < 4.78 is 3.49. The average Bonchev–Trinajstić information content (AvgIpc) is 3.43. The molecule has 1 atom stereocenters. The third kappa shape index (κ3) is 4.08. The summed E-state index contributed by atoms with van der Waals surface area (Å²) in [7, 11) is 3.75. The Morgan fingerprint density at radius 3 is 2.67 bits per heavy atom. The number of nitrogens with zero attached hydrogens (tertiary/aromatic N) is 4. The lowest BCUT2D eigenvalue weighted by Gasteiger charge is -2.21. The average molecular weight is 459 g/mol. The molecule has 5 rings (SSSR count). The number of pyridine rings is 1. The van der Waals surface area contributed by atoms with Crippen molar-refractivity contribution in [3.63, 3.8) is 0 Å². The van der Waals surface area contributed by atoms with E-state index >= 15 is 0 Å². The Morgan fingerprint density at radius 1 is 1.09 bits per heavy atom. The number of rotatable bonds is 6. The summed E-state index contributed by atoms with van der Waals surface area (Å²) in [5.74, 6) is 0. The van der Waals surface area contributed by atoms with Crippen molar-refractivity contribution in [1.29, 1.82) is 0 Å². The van der Waals surface area contributed by atoms with E-state index in [0.717, 1.165) is 38.9 Å². The van der Waals surface area contributed by atoms with Gasteiger partial charge in [-0.1, -0.05) is 29.8 Å². The zero-order chi connectivity index (χ0) is 22.9. The van der Waals surface area contributed by atoms with Crippen LogP contribution in [-0.2, 0) is 7.05 Å². The van der Waals surface area contributed by atoms with Gasteiger partial charge in [0.25, 0.3) is 5.56 Å². The maximum absolute atomic E-state index is 13.2. The highest BCUT2D eigenvalue weighted by Crippen LogP contribution is 2.30. The van der Waals surface area contributed by atoms with Gasteiger partial charge in [-0.15, -0.1) is 0 Å². The Morgan fingerprint density at radius 2 is 1.94 bits per heavy atom. The first-order valence-electron chi connectivity index (χ1n) is 10.6. The van der Waals surface area contributed by atoms with Gasteiger partial charge in [0.05, 0.1) is 17.8 Å². The first-order valence-corrected chi connectivity index (χ1v) is 11.0. The van der Waals surface area contributed by atoms with Crippen LogP contribution in [0.1, 0.15) is 11.6 Å². The molecule has 166 valence electrons. The maximum Gasteiger partial charge on any atom is 0.251 e. The predicted molar refractivity (Wildman–Crippen MR) is 132 cm³/mol. The number of aromatic nitrogens is 5. The molecule has 0 aliphatic carbocycles. The molecule has 2 aromatic carbocycles. The van der Waals surface area contributed by atoms with Crippen LogP contribution in [0.4, 0.5) is 0 Å². The van der Waals surface area contributed by atoms with Crippen LogP contribution in [0.25, 0.3) is 33.3 Å². The Labute approximate surface area is 195 Å². The van der Waals surface area contributed by atoms with Crippen molar-refractivity contribution >= 4 is 22.5 Å². The van der Waals surface area contributed by atoms with E-state index in [0.29, 0.717) is 11.6 Å². The van der Waals surface area contributed by atoms with Crippen LogP contribution >= 0.6 is 11.6 Å². The number of halogens is 1. The molecule has 8 heteroatoms. The fourth-order valence-electron chi connectivity index (χ4n) is 4.17. The van der Waals surface area contributed by atoms with Crippen LogP contribution in [0.5, 0.6) is 0 Å². The molecule has 0 radical (unpaired) electrons. The summed E-state index contributed by atoms with van der Waals surface area (Å²) >= 11 is 6.20. The molecule has 3 heterocycles. The van der Waals surface area contributed by atoms with Crippen LogP contribution < -0.4 is 10.9 Å². The Bertz CT molecular complexity index is 1500. The van der Waals surface area contributed by atoms with E-state index in [-0.39, 0.29) is 11.6 Å². The highest BCUT2D eigenvalue weighted by Gasteiger charge is 2.16. The van der Waals surface area contributed by atoms with E-state index in [1.165, 1.54) is 0 Å². The number of aromatic amines is 1. The number of H-pyrrole nitrogens is 1. The van der Waals surface area contributed by atoms with E-state index in [1.54, 1.807) is 21.5 Å². The Hall–Kier alpha value is -3.68. The summed E-state index contributed by atoms with van der Waals surface area (Å²) in [6.07, 6.45) is 5.57. The molecule has 0 fully saturated rings. The first-order chi connectivity index (χ1) is 16.0. The van der Waals surface area contributed by atoms with Gasteiger partial charge >= 0.3 is 0 Å². The van der Waals surface area contributed by atoms with Crippen LogP contribution in [-0.4, -0.2) is 38.1 Å². The van der Waals surface area contributed by atoms with E-state index in [9.17, 15) is 4.79 Å². The zero-order valence-electron chi connectivity index (χ0n) is 18.3. The minimum atomic E-state index is -0.163. The molecule has 2 N–H and O–H groups in total. The Balaban J connectivity index is 1.54. The maximum atomic E-state index is 13.2. The number of hydrogen-bond acceptors (Lipinski definition) is 4. The molecule has 0 saturated carbocycles. The van der Waals surface area contributed by atoms with Crippen molar-refractivity contribution in [2.24, 2.45) is 7.05 Å². The van der Waals surface area contributed by atoms with E-state index in [1.807, 2.05) is 69.0 Å². The second kappa shape index (κ2) is 8.69. The molecular formula is C25H23ClN6O. The molecule has 0 aliphatic rings. The molecule has 7 nitrogen and oxygen atoms in total. The van der Waals surface area contributed by atoms with Crippen molar-refractivity contribution in [2.45, 2.75) is 6.04 Å². The lowest BCUT2D eigenvalue weighted by molar-refractivity contribution is 0.534. The minimum Gasteiger partial charge on any atom is -0.317 e. The molecule has 3 aromatic heterocycles. The number of nitrogens with one attached hydrogen (secondary N) is 2. The normalized spacial score (nSPS) is 12.3. The molecular weight excluding hydrogens is 436 g/mol. The van der Waals surface area contributed by atoms with Crippen molar-refractivity contribution in [1.82, 2.24) is 29.9 Å². The first kappa shape index (κ1) is 21.2. The fourth-order valence-corrected chi connectivity index (χ4v) is 4.37. The Kier molecular flexibility index (Phi) is 5.58. The third-order valence-corrected chi connectivity index (χ3v) is 6.02. The quantitative estimate of drug-likeness (QED) is 0.398. The van der Waals surface area contributed by atoms with Gasteiger partial charge in [0, 0.05) is 48.0 Å². The van der Waals surface area contributed by atoms with Gasteiger partial charge in [-0.05, 0) is 54.1 Å². The number of likely N-dealkylation sites (N-methyl/N-ethyl adjacent to an activating group) is 1. The second-order valence-electron chi connectivity index (χ2n) is 8.02. The second-order valence-corrected chi connectivity index (χ2v) is 8.46. The molecule has 0 aliphatic heterocycles. The van der Waals surface area contributed by atoms with Crippen molar-refractivity contribution in [3.8, 4) is 22.4 Å². The summed E-state index contributed by atoms with van der Waals surface area (Å²) in [6, 6.07) is 17.1. The lowest BCUT2D eigenvalue weighted by atomic mass is 10.0. The standard InChI is InChI=1S/C25H23ClN6O/c1-27-14-23(18-4-3-5-20(26)10-18)32-9-8-17(12-24(32)33)16-6-7-22-21(11-16)25(30-29-22)19-13-28-31(2)15-19/h3-13,15,23,27H,14H2,1-2H3,(H,29,30). The van der Waals surface area contributed by atoms with Crippen LogP contribution in [0.3, 0.4) is 0 Å². The van der Waals surface area contributed by atoms with Gasteiger partial charge in [0.2, 0.25) is 0 Å². The number of fused-ring (bicyclic) bond motifs is 1. The van der Waals surface area contributed by atoms with Crippen LogP contribution in [0.15, 0.2) is 78.0 Å². The topological polar surface area (TPSA) is 80.5 Å². The minimum absolute atomic E-state index is 0.0764. The van der Waals surface area contributed by atoms with Gasteiger partial charge in [-0.3, -0.25) is 14.6 Å². The van der Waals surface area contributed by atoms with Gasteiger partial charge in [-0.25, -0.2) is 0 Å². The molecule has 0 amide bonds. The molecule has 5 aromatic rings. The van der Waals surface area contributed by atoms with Crippen LogP contribution in [0, 0.1) is 0 Å². The van der Waals surface area contributed by atoms with Gasteiger partial charge in [-0.2, -0.15) is 10.2 Å². The molecule has 0 spiro atoms. The predicted octanol–water partition coefficient (Wildman–Crippen LogP) is 4.25. The third-order valence-electron chi connectivity index (χ3n) is 5.79. The van der Waals surface area contributed by atoms with Crippen molar-refractivity contribution < 1.29 is 0 Å². The lowest BCUT2D eigenvalue weighted by Crippen LogP contribution is -2.31. The molecule has 0 bridgehead atoms. The van der Waals surface area contributed by atoms with E-state index < -0.39 is 0 Å². The fraction of sp³-hybridized carbons (Fsp3) is 0.160. The van der Waals surface area contributed by atoms with Gasteiger partial charge < -0.3 is 9.88 Å². The molecule has 33 heavy (non-hydrogen) atoms. The monoisotopic (exact) mass is 458 g/mol. The number of aryl methyl sites for hydroxylation is 1. The zero-order valence-corrected chi connectivity index (χ0v) is 19.0.